The van der Waals surface area contributed by atoms with Crippen molar-refractivity contribution in [3.8, 4) is 0 Å². The molecule has 0 fully saturated rings. The van der Waals surface area contributed by atoms with E-state index in [1.54, 1.807) is 0 Å². The fraction of sp³-hybridized carbons (Fsp3) is 1.00. The third kappa shape index (κ3) is 9.63. The Morgan fingerprint density at radius 3 is 1.57 bits per heavy atom. The standard InChI is InChI=1S/C16H36O4Si/c1-7-11-13-17-16(18-14-12-8-2)20-21(9-3,10-4)19-15(5)6/h15-16H,7-14H2,1-6H3. The van der Waals surface area contributed by atoms with Gasteiger partial charge in [-0.05, 0) is 38.8 Å². The number of unbranched alkanes of at least 4 members (excludes halogenated alkanes) is 2. The van der Waals surface area contributed by atoms with Gasteiger partial charge in [-0.1, -0.05) is 40.5 Å². The van der Waals surface area contributed by atoms with E-state index in [0.29, 0.717) is 13.2 Å². The first-order valence-corrected chi connectivity index (χ1v) is 10.8. The molecule has 0 N–H and O–H groups in total. The molecule has 0 atom stereocenters. The lowest BCUT2D eigenvalue weighted by atomic mass is 10.4. The summed E-state index contributed by atoms with van der Waals surface area (Å²) in [6.07, 6.45) is 4.43. The minimum Gasteiger partial charge on any atom is -0.392 e. The zero-order chi connectivity index (χ0) is 16.1. The number of rotatable bonds is 14. The van der Waals surface area contributed by atoms with Crippen molar-refractivity contribution >= 4 is 8.56 Å². The van der Waals surface area contributed by atoms with Gasteiger partial charge in [0.15, 0.2) is 0 Å². The Balaban J connectivity index is 4.60. The Kier molecular flexibility index (Phi) is 12.6. The SMILES string of the molecule is CCCCOC(OCCCC)O[Si](CC)(CC)OC(C)C. The molecule has 0 rings (SSSR count). The predicted molar refractivity (Wildman–Crippen MR) is 89.5 cm³/mol. The molecule has 4 nitrogen and oxygen atoms in total. The lowest BCUT2D eigenvalue weighted by Crippen LogP contribution is -2.47. The molecule has 128 valence electrons. The highest BCUT2D eigenvalue weighted by Crippen LogP contribution is 2.23. The van der Waals surface area contributed by atoms with Gasteiger partial charge in [0.2, 0.25) is 0 Å². The normalized spacial score (nSPS) is 12.6. The zero-order valence-electron chi connectivity index (χ0n) is 14.9. The Hall–Kier alpha value is 0.0569. The highest BCUT2D eigenvalue weighted by atomic mass is 28.4. The van der Waals surface area contributed by atoms with Gasteiger partial charge in [0.1, 0.15) is 0 Å². The van der Waals surface area contributed by atoms with Gasteiger partial charge in [-0.3, -0.25) is 0 Å². The Labute approximate surface area is 132 Å². The summed E-state index contributed by atoms with van der Waals surface area (Å²) in [6.45, 7) is 13.4. The monoisotopic (exact) mass is 320 g/mol. The predicted octanol–water partition coefficient (Wildman–Crippen LogP) is 4.83. The zero-order valence-corrected chi connectivity index (χ0v) is 15.9. The largest absolute Gasteiger partial charge is 0.392 e. The first-order chi connectivity index (χ1) is 10.0. The minimum atomic E-state index is -2.24. The summed E-state index contributed by atoms with van der Waals surface area (Å²) in [4.78, 5) is 0. The van der Waals surface area contributed by atoms with Gasteiger partial charge >= 0.3 is 8.56 Å². The topological polar surface area (TPSA) is 36.9 Å². The molecule has 0 bridgehead atoms. The molecular weight excluding hydrogens is 284 g/mol. The van der Waals surface area contributed by atoms with Crippen molar-refractivity contribution in [3.05, 3.63) is 0 Å². The second-order valence-corrected chi connectivity index (χ2v) is 9.35. The molecular formula is C16H36O4Si. The smallest absolute Gasteiger partial charge is 0.341 e. The van der Waals surface area contributed by atoms with Crippen LogP contribution in [0.2, 0.25) is 12.1 Å². The van der Waals surface area contributed by atoms with Crippen molar-refractivity contribution in [1.29, 1.82) is 0 Å². The average Bonchev–Trinajstić information content (AvgIpc) is 2.46. The third-order valence-corrected chi connectivity index (χ3v) is 7.02. The van der Waals surface area contributed by atoms with E-state index in [-0.39, 0.29) is 6.10 Å². The molecule has 0 amide bonds. The van der Waals surface area contributed by atoms with Crippen LogP contribution in [0.4, 0.5) is 0 Å². The van der Waals surface area contributed by atoms with Gasteiger partial charge < -0.3 is 18.3 Å². The molecule has 0 radical (unpaired) electrons. The van der Waals surface area contributed by atoms with Crippen molar-refractivity contribution < 1.29 is 18.3 Å². The van der Waals surface area contributed by atoms with Gasteiger partial charge in [0.05, 0.1) is 13.2 Å². The maximum atomic E-state index is 6.21. The average molecular weight is 321 g/mol. The Bertz CT molecular complexity index is 222. The molecule has 0 saturated heterocycles. The van der Waals surface area contributed by atoms with E-state index in [1.165, 1.54) is 0 Å². The molecule has 0 aromatic carbocycles. The summed E-state index contributed by atoms with van der Waals surface area (Å²) in [5, 5.41) is 0. The summed E-state index contributed by atoms with van der Waals surface area (Å²) in [5.74, 6) is 0. The second kappa shape index (κ2) is 12.6. The number of hydrogen-bond acceptors (Lipinski definition) is 4. The van der Waals surface area contributed by atoms with Crippen molar-refractivity contribution in [2.75, 3.05) is 13.2 Å². The molecule has 0 unspecified atom stereocenters. The van der Waals surface area contributed by atoms with E-state index in [0.717, 1.165) is 37.8 Å². The maximum absolute atomic E-state index is 6.21. The molecule has 21 heavy (non-hydrogen) atoms. The van der Waals surface area contributed by atoms with Crippen LogP contribution < -0.4 is 0 Å². The molecule has 0 aliphatic heterocycles. The summed E-state index contributed by atoms with van der Waals surface area (Å²) < 4.78 is 23.9. The van der Waals surface area contributed by atoms with Crippen LogP contribution in [0.1, 0.15) is 67.2 Å². The van der Waals surface area contributed by atoms with E-state index < -0.39 is 15.0 Å². The molecule has 0 aliphatic carbocycles. The quantitative estimate of drug-likeness (QED) is 0.261. The molecule has 0 aromatic rings. The molecule has 5 heteroatoms. The van der Waals surface area contributed by atoms with Crippen LogP contribution in [0.3, 0.4) is 0 Å². The fourth-order valence-corrected chi connectivity index (χ4v) is 4.55. The minimum absolute atomic E-state index is 0.170. The molecule has 0 heterocycles. The van der Waals surface area contributed by atoms with Gasteiger partial charge in [-0.2, -0.15) is 0 Å². The highest BCUT2D eigenvalue weighted by Gasteiger charge is 2.38. The van der Waals surface area contributed by atoms with Crippen molar-refractivity contribution in [2.24, 2.45) is 0 Å². The first-order valence-electron chi connectivity index (χ1n) is 8.62. The van der Waals surface area contributed by atoms with Crippen molar-refractivity contribution in [1.82, 2.24) is 0 Å². The van der Waals surface area contributed by atoms with Gasteiger partial charge in [0, 0.05) is 6.10 Å². The van der Waals surface area contributed by atoms with E-state index in [1.807, 2.05) is 0 Å². The number of ether oxygens (including phenoxy) is 2. The van der Waals surface area contributed by atoms with Crippen LogP contribution in [-0.4, -0.2) is 34.4 Å². The maximum Gasteiger partial charge on any atom is 0.341 e. The van der Waals surface area contributed by atoms with E-state index in [4.69, 9.17) is 18.3 Å². The fourth-order valence-electron chi connectivity index (χ4n) is 1.98. The Morgan fingerprint density at radius 1 is 0.762 bits per heavy atom. The molecule has 0 aliphatic rings. The molecule has 0 spiro atoms. The molecule has 0 saturated carbocycles. The summed E-state index contributed by atoms with van der Waals surface area (Å²) in [5.41, 5.74) is 0. The Morgan fingerprint density at radius 2 is 1.24 bits per heavy atom. The molecule has 0 aromatic heterocycles. The van der Waals surface area contributed by atoms with E-state index in [9.17, 15) is 0 Å². The second-order valence-electron chi connectivity index (χ2n) is 5.64. The third-order valence-electron chi connectivity index (χ3n) is 3.34. The van der Waals surface area contributed by atoms with Crippen molar-refractivity contribution in [3.63, 3.8) is 0 Å². The van der Waals surface area contributed by atoms with Gasteiger partial charge in [0.25, 0.3) is 6.48 Å². The van der Waals surface area contributed by atoms with Crippen LogP contribution >= 0.6 is 0 Å². The van der Waals surface area contributed by atoms with Crippen LogP contribution in [0, 0.1) is 0 Å². The van der Waals surface area contributed by atoms with E-state index in [2.05, 4.69) is 41.5 Å². The van der Waals surface area contributed by atoms with Gasteiger partial charge in [-0.15, -0.1) is 0 Å². The first kappa shape index (κ1) is 21.1. The van der Waals surface area contributed by atoms with E-state index >= 15 is 0 Å². The van der Waals surface area contributed by atoms with Crippen LogP contribution in [0.15, 0.2) is 0 Å². The summed E-state index contributed by atoms with van der Waals surface area (Å²) in [6, 6.07) is 1.82. The van der Waals surface area contributed by atoms with Crippen LogP contribution in [-0.2, 0) is 18.3 Å². The van der Waals surface area contributed by atoms with Crippen molar-refractivity contribution in [2.45, 2.75) is 91.9 Å². The summed E-state index contributed by atoms with van der Waals surface area (Å²) in [7, 11) is -2.24. The lowest BCUT2D eigenvalue weighted by Gasteiger charge is -2.34. The lowest BCUT2D eigenvalue weighted by molar-refractivity contribution is -0.259. The summed E-state index contributed by atoms with van der Waals surface area (Å²) >= 11 is 0. The highest BCUT2D eigenvalue weighted by molar-refractivity contribution is 6.67. The number of hydrogen-bond donors (Lipinski definition) is 0. The van der Waals surface area contributed by atoms with Crippen LogP contribution in [0.5, 0.6) is 0 Å². The van der Waals surface area contributed by atoms with Gasteiger partial charge in [-0.25, -0.2) is 0 Å². The van der Waals surface area contributed by atoms with Crippen LogP contribution in [0.25, 0.3) is 0 Å².